The highest BCUT2D eigenvalue weighted by Crippen LogP contribution is 2.32. The van der Waals surface area contributed by atoms with Crippen molar-refractivity contribution >= 4 is 17.6 Å². The van der Waals surface area contributed by atoms with E-state index in [0.29, 0.717) is 30.3 Å². The number of ether oxygens (including phenoxy) is 2. The van der Waals surface area contributed by atoms with E-state index in [2.05, 4.69) is 15.7 Å². The van der Waals surface area contributed by atoms with Crippen LogP contribution in [0.1, 0.15) is 29.4 Å². The fourth-order valence-electron chi connectivity index (χ4n) is 2.90. The zero-order valence-corrected chi connectivity index (χ0v) is 15.8. The summed E-state index contributed by atoms with van der Waals surface area (Å²) < 4.78 is 12.2. The number of aromatic nitrogens is 2. The van der Waals surface area contributed by atoms with Crippen molar-refractivity contribution < 1.29 is 19.1 Å². The van der Waals surface area contributed by atoms with Gasteiger partial charge in [-0.1, -0.05) is 31.2 Å². The van der Waals surface area contributed by atoms with Crippen LogP contribution in [-0.2, 0) is 11.3 Å². The summed E-state index contributed by atoms with van der Waals surface area (Å²) in [7, 11) is 0. The molecule has 0 unspecified atom stereocenters. The number of nitrogens with one attached hydrogen (secondary N) is 2. The molecule has 0 radical (unpaired) electrons. The molecule has 2 amide bonds. The number of amides is 2. The number of hydrogen-bond acceptors (Lipinski definition) is 5. The van der Waals surface area contributed by atoms with Crippen LogP contribution in [0.25, 0.3) is 5.69 Å². The lowest BCUT2D eigenvalue weighted by atomic mass is 10.2. The van der Waals surface area contributed by atoms with E-state index >= 15 is 0 Å². The quantitative estimate of drug-likeness (QED) is 0.673. The largest absolute Gasteiger partial charge is 0.454 e. The Kier molecular flexibility index (Phi) is 5.15. The van der Waals surface area contributed by atoms with Gasteiger partial charge in [-0.3, -0.25) is 9.59 Å². The first-order chi connectivity index (χ1) is 14.1. The highest BCUT2D eigenvalue weighted by molar-refractivity contribution is 5.95. The number of nitrogens with zero attached hydrogens (tertiary/aromatic N) is 2. The Morgan fingerprint density at radius 2 is 1.86 bits per heavy atom. The lowest BCUT2D eigenvalue weighted by molar-refractivity contribution is -0.115. The Balaban J connectivity index is 1.52. The molecule has 4 rings (SSSR count). The third-order valence-electron chi connectivity index (χ3n) is 4.42. The molecule has 0 atom stereocenters. The lowest BCUT2D eigenvalue weighted by Gasteiger charge is -2.07. The van der Waals surface area contributed by atoms with Crippen molar-refractivity contribution in [3.8, 4) is 17.2 Å². The molecule has 3 aromatic rings. The van der Waals surface area contributed by atoms with E-state index in [-0.39, 0.29) is 24.3 Å². The first-order valence-corrected chi connectivity index (χ1v) is 9.26. The number of carbonyl (C=O) groups is 2. The number of carbonyl (C=O) groups excluding carboxylic acids is 2. The fourth-order valence-corrected chi connectivity index (χ4v) is 2.90. The van der Waals surface area contributed by atoms with E-state index in [1.165, 1.54) is 0 Å². The van der Waals surface area contributed by atoms with Gasteiger partial charge in [-0.2, -0.15) is 5.10 Å². The van der Waals surface area contributed by atoms with Gasteiger partial charge in [0.25, 0.3) is 5.91 Å². The van der Waals surface area contributed by atoms with Gasteiger partial charge in [0.05, 0.1) is 5.69 Å². The Bertz CT molecular complexity index is 1050. The van der Waals surface area contributed by atoms with Crippen molar-refractivity contribution in [3.63, 3.8) is 0 Å². The Morgan fingerprint density at radius 3 is 2.66 bits per heavy atom. The van der Waals surface area contributed by atoms with Crippen molar-refractivity contribution in [2.75, 3.05) is 12.1 Å². The van der Waals surface area contributed by atoms with Gasteiger partial charge < -0.3 is 20.1 Å². The molecular formula is C21H20N4O4. The van der Waals surface area contributed by atoms with Crippen molar-refractivity contribution in [3.05, 3.63) is 65.9 Å². The lowest BCUT2D eigenvalue weighted by Crippen LogP contribution is -2.23. The second-order valence-corrected chi connectivity index (χ2v) is 6.43. The van der Waals surface area contributed by atoms with Crippen LogP contribution in [0.15, 0.2) is 54.6 Å². The van der Waals surface area contributed by atoms with Crippen LogP contribution in [0.5, 0.6) is 11.5 Å². The van der Waals surface area contributed by atoms with Gasteiger partial charge in [-0.05, 0) is 29.8 Å². The van der Waals surface area contributed by atoms with Crippen LogP contribution in [0.4, 0.5) is 5.82 Å². The number of rotatable bonds is 6. The Morgan fingerprint density at radius 1 is 1.07 bits per heavy atom. The van der Waals surface area contributed by atoms with Crippen LogP contribution >= 0.6 is 0 Å². The first-order valence-electron chi connectivity index (χ1n) is 9.26. The number of anilines is 1. The average molecular weight is 392 g/mol. The highest BCUT2D eigenvalue weighted by atomic mass is 16.7. The minimum absolute atomic E-state index is 0.158. The molecule has 148 valence electrons. The van der Waals surface area contributed by atoms with E-state index in [4.69, 9.17) is 9.47 Å². The van der Waals surface area contributed by atoms with Crippen molar-refractivity contribution in [2.45, 2.75) is 19.9 Å². The minimum Gasteiger partial charge on any atom is -0.454 e. The van der Waals surface area contributed by atoms with Crippen LogP contribution in [-0.4, -0.2) is 28.4 Å². The van der Waals surface area contributed by atoms with E-state index in [1.54, 1.807) is 17.7 Å². The molecule has 8 nitrogen and oxygen atoms in total. The molecule has 0 saturated carbocycles. The summed E-state index contributed by atoms with van der Waals surface area (Å²) in [5, 5.41) is 10.0. The zero-order valence-electron chi connectivity index (χ0n) is 15.8. The van der Waals surface area contributed by atoms with Gasteiger partial charge >= 0.3 is 0 Å². The maximum Gasteiger partial charge on any atom is 0.272 e. The summed E-state index contributed by atoms with van der Waals surface area (Å²) in [4.78, 5) is 24.5. The summed E-state index contributed by atoms with van der Waals surface area (Å²) in [5.74, 6) is 1.29. The third-order valence-corrected chi connectivity index (χ3v) is 4.42. The molecule has 1 aliphatic heterocycles. The molecule has 2 heterocycles. The van der Waals surface area contributed by atoms with Crippen LogP contribution in [0.2, 0.25) is 0 Å². The van der Waals surface area contributed by atoms with Gasteiger partial charge in [0.15, 0.2) is 17.2 Å². The summed E-state index contributed by atoms with van der Waals surface area (Å²) in [6.07, 6.45) is 0.325. The van der Waals surface area contributed by atoms with Crippen LogP contribution < -0.4 is 20.1 Å². The number of hydrogen-bond donors (Lipinski definition) is 2. The SMILES string of the molecule is CCC(=O)Nc1cc(C(=O)NCc2ccc3c(c2)OCO3)nn1-c1ccccc1. The normalized spacial score (nSPS) is 11.9. The molecular weight excluding hydrogens is 372 g/mol. The summed E-state index contributed by atoms with van der Waals surface area (Å²) in [6, 6.07) is 16.4. The zero-order chi connectivity index (χ0) is 20.2. The van der Waals surface area contributed by atoms with Crippen molar-refractivity contribution in [1.82, 2.24) is 15.1 Å². The van der Waals surface area contributed by atoms with E-state index in [1.807, 2.05) is 48.5 Å². The van der Waals surface area contributed by atoms with Gasteiger partial charge in [0, 0.05) is 19.0 Å². The number of para-hydroxylation sites is 1. The standard InChI is InChI=1S/C21H20N4O4/c1-2-20(26)23-19-11-16(24-25(19)15-6-4-3-5-7-15)21(27)22-12-14-8-9-17-18(10-14)29-13-28-17/h3-11H,2,12-13H2,1H3,(H,22,27)(H,23,26). The highest BCUT2D eigenvalue weighted by Gasteiger charge is 2.18. The second kappa shape index (κ2) is 8.05. The molecule has 0 bridgehead atoms. The minimum atomic E-state index is -0.343. The van der Waals surface area contributed by atoms with Gasteiger partial charge in [0.2, 0.25) is 12.7 Å². The second-order valence-electron chi connectivity index (χ2n) is 6.43. The molecule has 0 saturated heterocycles. The van der Waals surface area contributed by atoms with Crippen LogP contribution in [0.3, 0.4) is 0 Å². The van der Waals surface area contributed by atoms with E-state index < -0.39 is 0 Å². The molecule has 0 aliphatic carbocycles. The van der Waals surface area contributed by atoms with Gasteiger partial charge in [-0.25, -0.2) is 4.68 Å². The molecule has 29 heavy (non-hydrogen) atoms. The predicted molar refractivity (Wildman–Crippen MR) is 106 cm³/mol. The molecule has 1 aliphatic rings. The fraction of sp³-hybridized carbons (Fsp3) is 0.190. The van der Waals surface area contributed by atoms with Gasteiger partial charge in [0.1, 0.15) is 5.82 Å². The van der Waals surface area contributed by atoms with E-state index in [0.717, 1.165) is 11.3 Å². The monoisotopic (exact) mass is 392 g/mol. The van der Waals surface area contributed by atoms with Crippen LogP contribution in [0, 0.1) is 0 Å². The molecule has 0 spiro atoms. The summed E-state index contributed by atoms with van der Waals surface area (Å²) >= 11 is 0. The molecule has 0 fully saturated rings. The maximum atomic E-state index is 12.6. The topological polar surface area (TPSA) is 94.5 Å². The summed E-state index contributed by atoms with van der Waals surface area (Å²) in [5.41, 5.74) is 1.83. The Hall–Kier alpha value is -3.81. The average Bonchev–Trinajstić information content (AvgIpc) is 3.39. The van der Waals surface area contributed by atoms with Crippen molar-refractivity contribution in [1.29, 1.82) is 0 Å². The van der Waals surface area contributed by atoms with E-state index in [9.17, 15) is 9.59 Å². The number of fused-ring (bicyclic) bond motifs is 1. The number of benzene rings is 2. The van der Waals surface area contributed by atoms with Crippen molar-refractivity contribution in [2.24, 2.45) is 0 Å². The molecule has 8 heteroatoms. The Labute approximate surface area is 167 Å². The predicted octanol–water partition coefficient (Wildman–Crippen LogP) is 2.88. The smallest absolute Gasteiger partial charge is 0.272 e. The molecule has 1 aromatic heterocycles. The van der Waals surface area contributed by atoms with Gasteiger partial charge in [-0.15, -0.1) is 0 Å². The maximum absolute atomic E-state index is 12.6. The first kappa shape index (κ1) is 18.5. The third kappa shape index (κ3) is 4.06. The summed E-state index contributed by atoms with van der Waals surface area (Å²) in [6.45, 7) is 2.27. The molecule has 2 N–H and O–H groups in total. The molecule has 2 aromatic carbocycles.